The van der Waals surface area contributed by atoms with Crippen molar-refractivity contribution >= 4 is 43.7 Å². The largest absolute Gasteiger partial charge is 0.309 e. The van der Waals surface area contributed by atoms with Gasteiger partial charge in [0.2, 0.25) is 0 Å². The number of hydrogen-bond acceptors (Lipinski definition) is 4. The smallest absolute Gasteiger partial charge is 0.0963 e. The standard InChI is InChI=1S/C62H40N6/c1-4-20-49(55-23-7-10-33-63-55)46(17-1)41-27-30-58-52(37-41)53-38-42(47-18-2-5-21-50(47)56-24-8-11-34-64-56)28-31-59(53)67(58)44-15-13-16-45(40-44)68-60-32-29-43(39-54(60)62-61(68)26-14-36-66-62)48-19-3-6-22-51(48)57-25-9-12-35-65-57/h1-40H. The van der Waals surface area contributed by atoms with E-state index in [4.69, 9.17) is 19.9 Å². The zero-order chi connectivity index (χ0) is 45.0. The third-order valence-electron chi connectivity index (χ3n) is 13.2. The van der Waals surface area contributed by atoms with Gasteiger partial charge in [-0.25, -0.2) is 0 Å². The maximum absolute atomic E-state index is 5.00. The van der Waals surface area contributed by atoms with Crippen molar-refractivity contribution in [2.75, 3.05) is 0 Å². The Morgan fingerprint density at radius 1 is 0.250 bits per heavy atom. The van der Waals surface area contributed by atoms with Crippen LogP contribution in [0.3, 0.4) is 0 Å². The molecule has 0 saturated carbocycles. The van der Waals surface area contributed by atoms with Crippen LogP contribution in [0.15, 0.2) is 243 Å². The van der Waals surface area contributed by atoms with Crippen LogP contribution in [0.5, 0.6) is 0 Å². The summed E-state index contributed by atoms with van der Waals surface area (Å²) in [6.07, 6.45) is 7.46. The van der Waals surface area contributed by atoms with Crippen LogP contribution in [0.25, 0.3) is 122 Å². The summed E-state index contributed by atoms with van der Waals surface area (Å²) in [5.74, 6) is 0. The number of pyridine rings is 4. The van der Waals surface area contributed by atoms with Crippen molar-refractivity contribution in [3.8, 4) is 78.5 Å². The summed E-state index contributed by atoms with van der Waals surface area (Å²) in [6, 6.07) is 77.5. The van der Waals surface area contributed by atoms with Crippen molar-refractivity contribution in [3.63, 3.8) is 0 Å². The van der Waals surface area contributed by atoms with Gasteiger partial charge in [0, 0.05) is 69.0 Å². The molecule has 0 fully saturated rings. The molecule has 13 rings (SSSR count). The fraction of sp³-hybridized carbons (Fsp3) is 0. The van der Waals surface area contributed by atoms with Crippen LogP contribution in [0, 0.1) is 0 Å². The van der Waals surface area contributed by atoms with E-state index in [-0.39, 0.29) is 0 Å². The first-order valence-electron chi connectivity index (χ1n) is 22.9. The second kappa shape index (κ2) is 16.3. The second-order valence-corrected chi connectivity index (χ2v) is 17.0. The maximum Gasteiger partial charge on any atom is 0.0963 e. The normalized spacial score (nSPS) is 11.5. The Hall–Kier alpha value is -9.26. The predicted molar refractivity (Wildman–Crippen MR) is 279 cm³/mol. The summed E-state index contributed by atoms with van der Waals surface area (Å²) >= 11 is 0. The van der Waals surface area contributed by atoms with Gasteiger partial charge >= 0.3 is 0 Å². The molecule has 0 aliphatic heterocycles. The molecule has 0 atom stereocenters. The summed E-state index contributed by atoms with van der Waals surface area (Å²) < 4.78 is 4.76. The van der Waals surface area contributed by atoms with E-state index in [1.807, 2.05) is 67.3 Å². The highest BCUT2D eigenvalue weighted by molar-refractivity contribution is 6.13. The van der Waals surface area contributed by atoms with Gasteiger partial charge in [-0.05, 0) is 137 Å². The lowest BCUT2D eigenvalue weighted by Gasteiger charge is -2.14. The number of fused-ring (bicyclic) bond motifs is 6. The van der Waals surface area contributed by atoms with E-state index < -0.39 is 0 Å². The third kappa shape index (κ3) is 6.58. The Morgan fingerprint density at radius 3 is 1.07 bits per heavy atom. The molecular weight excluding hydrogens is 829 g/mol. The van der Waals surface area contributed by atoms with Crippen molar-refractivity contribution < 1.29 is 0 Å². The van der Waals surface area contributed by atoms with E-state index in [9.17, 15) is 0 Å². The van der Waals surface area contributed by atoms with Crippen LogP contribution < -0.4 is 0 Å². The first kappa shape index (κ1) is 39.1. The third-order valence-corrected chi connectivity index (χ3v) is 13.2. The Morgan fingerprint density at radius 2 is 0.632 bits per heavy atom. The number of rotatable bonds is 8. The zero-order valence-electron chi connectivity index (χ0n) is 36.8. The zero-order valence-corrected chi connectivity index (χ0v) is 36.8. The number of aromatic nitrogens is 6. The number of nitrogens with zero attached hydrogens (tertiary/aromatic N) is 6. The monoisotopic (exact) mass is 868 g/mol. The van der Waals surface area contributed by atoms with Gasteiger partial charge in [-0.3, -0.25) is 19.9 Å². The van der Waals surface area contributed by atoms with Gasteiger partial charge < -0.3 is 9.13 Å². The molecule has 6 heterocycles. The number of hydrogen-bond donors (Lipinski definition) is 0. The van der Waals surface area contributed by atoms with E-state index in [0.717, 1.165) is 122 Å². The van der Waals surface area contributed by atoms with Crippen LogP contribution in [-0.2, 0) is 0 Å². The van der Waals surface area contributed by atoms with Gasteiger partial charge in [0.05, 0.1) is 44.7 Å². The SMILES string of the molecule is c1ccc(-c2ccccc2-c2ccc3c(c2)c2cc(-c4ccccc4-c4ccccn4)ccc2n3-c2cccc(-n3c4ccc(-c5ccccc5-c5ccccn5)cc4c4ncccc43)c2)nc1. The lowest BCUT2D eigenvalue weighted by molar-refractivity contribution is 1.13. The summed E-state index contributed by atoms with van der Waals surface area (Å²) in [6.45, 7) is 0. The Balaban J connectivity index is 1.000. The van der Waals surface area contributed by atoms with Gasteiger partial charge in [-0.2, -0.15) is 0 Å². The summed E-state index contributed by atoms with van der Waals surface area (Å²) in [4.78, 5) is 19.2. The van der Waals surface area contributed by atoms with E-state index in [2.05, 4.69) is 185 Å². The molecule has 0 aliphatic carbocycles. The fourth-order valence-corrected chi connectivity index (χ4v) is 10.1. The average molecular weight is 869 g/mol. The van der Waals surface area contributed by atoms with Crippen LogP contribution in [0.2, 0.25) is 0 Å². The first-order valence-corrected chi connectivity index (χ1v) is 22.9. The molecule has 0 unspecified atom stereocenters. The Labute approximate surface area is 392 Å². The highest BCUT2D eigenvalue weighted by Crippen LogP contribution is 2.42. The Kier molecular flexibility index (Phi) is 9.39. The molecule has 68 heavy (non-hydrogen) atoms. The summed E-state index contributed by atoms with van der Waals surface area (Å²) in [5, 5.41) is 3.42. The van der Waals surface area contributed by atoms with Gasteiger partial charge in [-0.15, -0.1) is 0 Å². The molecular formula is C62H40N6. The molecule has 0 saturated heterocycles. The van der Waals surface area contributed by atoms with E-state index in [1.54, 1.807) is 0 Å². The molecule has 6 heteroatoms. The minimum absolute atomic E-state index is 0.946. The highest BCUT2D eigenvalue weighted by atomic mass is 15.0. The maximum atomic E-state index is 5.00. The van der Waals surface area contributed by atoms with Gasteiger partial charge in [0.1, 0.15) is 0 Å². The van der Waals surface area contributed by atoms with E-state index >= 15 is 0 Å². The summed E-state index contributed by atoms with van der Waals surface area (Å²) in [7, 11) is 0. The van der Waals surface area contributed by atoms with Gasteiger partial charge in [0.15, 0.2) is 0 Å². The molecule has 0 bridgehead atoms. The molecule has 0 amide bonds. The van der Waals surface area contributed by atoms with Crippen LogP contribution in [0.1, 0.15) is 0 Å². The molecule has 7 aromatic carbocycles. The fourth-order valence-electron chi connectivity index (χ4n) is 10.1. The van der Waals surface area contributed by atoms with Crippen molar-refractivity contribution in [2.24, 2.45) is 0 Å². The van der Waals surface area contributed by atoms with Crippen molar-refractivity contribution in [1.29, 1.82) is 0 Å². The Bertz CT molecular complexity index is 3880. The summed E-state index contributed by atoms with van der Waals surface area (Å²) in [5.41, 5.74) is 20.3. The molecule has 13 aromatic rings. The van der Waals surface area contributed by atoms with E-state index in [1.165, 1.54) is 0 Å². The molecule has 6 nitrogen and oxygen atoms in total. The molecule has 0 N–H and O–H groups in total. The van der Waals surface area contributed by atoms with Crippen molar-refractivity contribution in [1.82, 2.24) is 29.1 Å². The minimum Gasteiger partial charge on any atom is -0.309 e. The predicted octanol–water partition coefficient (Wildman–Crippen LogP) is 15.5. The lowest BCUT2D eigenvalue weighted by Crippen LogP contribution is -1.98. The first-order chi connectivity index (χ1) is 33.7. The number of benzene rings is 7. The molecule has 0 aliphatic rings. The average Bonchev–Trinajstić information content (AvgIpc) is 3.93. The minimum atomic E-state index is 0.946. The van der Waals surface area contributed by atoms with Crippen molar-refractivity contribution in [3.05, 3.63) is 243 Å². The highest BCUT2D eigenvalue weighted by Gasteiger charge is 2.20. The van der Waals surface area contributed by atoms with Crippen LogP contribution >= 0.6 is 0 Å². The quantitative estimate of drug-likeness (QED) is 0.153. The van der Waals surface area contributed by atoms with Gasteiger partial charge in [-0.1, -0.05) is 115 Å². The van der Waals surface area contributed by atoms with Crippen LogP contribution in [0.4, 0.5) is 0 Å². The topological polar surface area (TPSA) is 61.4 Å². The molecule has 0 spiro atoms. The molecule has 318 valence electrons. The van der Waals surface area contributed by atoms with Crippen molar-refractivity contribution in [2.45, 2.75) is 0 Å². The molecule has 6 aromatic heterocycles. The van der Waals surface area contributed by atoms with E-state index in [0.29, 0.717) is 0 Å². The second-order valence-electron chi connectivity index (χ2n) is 17.0. The van der Waals surface area contributed by atoms with Crippen LogP contribution in [-0.4, -0.2) is 29.1 Å². The lowest BCUT2D eigenvalue weighted by atomic mass is 9.94. The van der Waals surface area contributed by atoms with Gasteiger partial charge in [0.25, 0.3) is 0 Å². The molecule has 0 radical (unpaired) electrons.